The van der Waals surface area contributed by atoms with Crippen molar-refractivity contribution >= 4 is 0 Å². The van der Waals surface area contributed by atoms with Crippen molar-refractivity contribution in [3.05, 3.63) is 0 Å². The van der Waals surface area contributed by atoms with Crippen molar-refractivity contribution in [1.29, 1.82) is 0 Å². The zero-order valence-electron chi connectivity index (χ0n) is 9.54. The maximum atomic E-state index is 5.42. The molecule has 1 aliphatic rings. The summed E-state index contributed by atoms with van der Waals surface area (Å²) in [6.07, 6.45) is 4.14. The molecule has 3 nitrogen and oxygen atoms in total. The van der Waals surface area contributed by atoms with Crippen LogP contribution in [0.4, 0.5) is 0 Å². The van der Waals surface area contributed by atoms with Gasteiger partial charge in [-0.15, -0.1) is 0 Å². The van der Waals surface area contributed by atoms with Crippen molar-refractivity contribution in [2.45, 2.75) is 45.2 Å². The van der Waals surface area contributed by atoms with Crippen LogP contribution in [-0.2, 0) is 4.74 Å². The largest absolute Gasteiger partial charge is 0.379 e. The lowest BCUT2D eigenvalue weighted by Crippen LogP contribution is -2.46. The van der Waals surface area contributed by atoms with E-state index in [2.05, 4.69) is 18.7 Å². The Morgan fingerprint density at radius 2 is 2.07 bits per heavy atom. The summed E-state index contributed by atoms with van der Waals surface area (Å²) in [4.78, 5) is 2.56. The number of nitrogens with zero attached hydrogens (tertiary/aromatic N) is 1. The van der Waals surface area contributed by atoms with E-state index in [-0.39, 0.29) is 0 Å². The minimum Gasteiger partial charge on any atom is -0.379 e. The van der Waals surface area contributed by atoms with E-state index in [4.69, 9.17) is 10.5 Å². The Morgan fingerprint density at radius 3 is 2.50 bits per heavy atom. The van der Waals surface area contributed by atoms with Crippen LogP contribution >= 0.6 is 0 Å². The standard InChI is InChI=1S/C11H24N2O/c1-10(2)13(11-4-3-5-11)7-9-14-8-6-12/h10-11H,3-9,12H2,1-2H3. The molecular formula is C11H24N2O. The molecule has 0 aliphatic heterocycles. The maximum absolute atomic E-state index is 5.42. The molecule has 14 heavy (non-hydrogen) atoms. The van der Waals surface area contributed by atoms with E-state index < -0.39 is 0 Å². The van der Waals surface area contributed by atoms with Gasteiger partial charge in [0.05, 0.1) is 13.2 Å². The number of hydrogen-bond acceptors (Lipinski definition) is 3. The van der Waals surface area contributed by atoms with Gasteiger partial charge in [-0.05, 0) is 26.7 Å². The Bertz CT molecular complexity index is 146. The lowest BCUT2D eigenvalue weighted by Gasteiger charge is -2.40. The van der Waals surface area contributed by atoms with Crippen molar-refractivity contribution in [2.75, 3.05) is 26.3 Å². The summed E-state index contributed by atoms with van der Waals surface area (Å²) in [5.74, 6) is 0. The van der Waals surface area contributed by atoms with E-state index in [1.165, 1.54) is 19.3 Å². The lowest BCUT2D eigenvalue weighted by molar-refractivity contribution is 0.0476. The molecule has 0 aromatic rings. The average Bonchev–Trinajstić information content (AvgIpc) is 2.06. The monoisotopic (exact) mass is 200 g/mol. The second-order valence-electron chi connectivity index (χ2n) is 4.32. The van der Waals surface area contributed by atoms with Crippen LogP contribution in [-0.4, -0.2) is 43.3 Å². The van der Waals surface area contributed by atoms with Crippen LogP contribution < -0.4 is 5.73 Å². The van der Waals surface area contributed by atoms with Crippen LogP contribution in [0.1, 0.15) is 33.1 Å². The Labute approximate surface area is 87.6 Å². The second kappa shape index (κ2) is 6.38. The summed E-state index contributed by atoms with van der Waals surface area (Å²) >= 11 is 0. The van der Waals surface area contributed by atoms with Crippen LogP contribution in [0.25, 0.3) is 0 Å². The molecule has 1 fully saturated rings. The molecule has 0 amide bonds. The van der Waals surface area contributed by atoms with Crippen LogP contribution in [0.5, 0.6) is 0 Å². The van der Waals surface area contributed by atoms with Gasteiger partial charge in [0, 0.05) is 25.2 Å². The molecule has 0 heterocycles. The van der Waals surface area contributed by atoms with Gasteiger partial charge in [0.15, 0.2) is 0 Å². The van der Waals surface area contributed by atoms with Gasteiger partial charge >= 0.3 is 0 Å². The number of ether oxygens (including phenoxy) is 1. The lowest BCUT2D eigenvalue weighted by atomic mass is 9.90. The van der Waals surface area contributed by atoms with Crippen LogP contribution in [0.3, 0.4) is 0 Å². The summed E-state index contributed by atoms with van der Waals surface area (Å²) in [5.41, 5.74) is 5.36. The first-order valence-electron chi connectivity index (χ1n) is 5.79. The Morgan fingerprint density at radius 1 is 1.36 bits per heavy atom. The van der Waals surface area contributed by atoms with Gasteiger partial charge in [0.25, 0.3) is 0 Å². The Kier molecular flexibility index (Phi) is 5.45. The highest BCUT2D eigenvalue weighted by atomic mass is 16.5. The van der Waals surface area contributed by atoms with Gasteiger partial charge in [0.1, 0.15) is 0 Å². The molecular weight excluding hydrogens is 176 g/mol. The van der Waals surface area contributed by atoms with Crippen molar-refractivity contribution in [3.8, 4) is 0 Å². The summed E-state index contributed by atoms with van der Waals surface area (Å²) in [7, 11) is 0. The molecule has 0 atom stereocenters. The Hall–Kier alpha value is -0.120. The SMILES string of the molecule is CC(C)N(CCOCCN)C1CCC1. The molecule has 1 aliphatic carbocycles. The molecule has 1 rings (SSSR count). The second-order valence-corrected chi connectivity index (χ2v) is 4.32. The zero-order chi connectivity index (χ0) is 10.4. The average molecular weight is 200 g/mol. The molecule has 0 spiro atoms. The molecule has 0 saturated heterocycles. The van der Waals surface area contributed by atoms with E-state index in [1.807, 2.05) is 0 Å². The zero-order valence-corrected chi connectivity index (χ0v) is 9.54. The van der Waals surface area contributed by atoms with Crippen molar-refractivity contribution < 1.29 is 4.74 Å². The highest BCUT2D eigenvalue weighted by molar-refractivity contribution is 4.81. The molecule has 0 aromatic heterocycles. The predicted molar refractivity (Wildman–Crippen MR) is 59.4 cm³/mol. The fraction of sp³-hybridized carbons (Fsp3) is 1.00. The van der Waals surface area contributed by atoms with Crippen molar-refractivity contribution in [3.63, 3.8) is 0 Å². The molecule has 0 bridgehead atoms. The third-order valence-electron chi connectivity index (χ3n) is 2.96. The molecule has 84 valence electrons. The number of hydrogen-bond donors (Lipinski definition) is 1. The van der Waals surface area contributed by atoms with Gasteiger partial charge in [-0.2, -0.15) is 0 Å². The Balaban J connectivity index is 2.15. The van der Waals surface area contributed by atoms with Crippen LogP contribution in [0, 0.1) is 0 Å². The maximum Gasteiger partial charge on any atom is 0.0594 e. The third-order valence-corrected chi connectivity index (χ3v) is 2.96. The van der Waals surface area contributed by atoms with Crippen molar-refractivity contribution in [1.82, 2.24) is 4.90 Å². The van der Waals surface area contributed by atoms with E-state index >= 15 is 0 Å². The molecule has 3 heteroatoms. The highest BCUT2D eigenvalue weighted by Gasteiger charge is 2.26. The van der Waals surface area contributed by atoms with Gasteiger partial charge < -0.3 is 10.5 Å². The summed E-state index contributed by atoms with van der Waals surface area (Å²) < 4.78 is 5.42. The summed E-state index contributed by atoms with van der Waals surface area (Å²) in [5, 5.41) is 0. The van der Waals surface area contributed by atoms with Gasteiger partial charge in [-0.1, -0.05) is 6.42 Å². The third kappa shape index (κ3) is 3.56. The smallest absolute Gasteiger partial charge is 0.0594 e. The number of nitrogens with two attached hydrogens (primary N) is 1. The van der Waals surface area contributed by atoms with E-state index in [0.717, 1.165) is 19.2 Å². The first-order chi connectivity index (χ1) is 6.75. The minimum absolute atomic E-state index is 0.630. The van der Waals surface area contributed by atoms with Gasteiger partial charge in [-0.3, -0.25) is 4.90 Å². The predicted octanol–water partition coefficient (Wildman–Crippen LogP) is 1.22. The fourth-order valence-electron chi connectivity index (χ4n) is 1.94. The van der Waals surface area contributed by atoms with E-state index in [9.17, 15) is 0 Å². The van der Waals surface area contributed by atoms with E-state index in [0.29, 0.717) is 19.2 Å². The van der Waals surface area contributed by atoms with Crippen LogP contribution in [0.15, 0.2) is 0 Å². The highest BCUT2D eigenvalue weighted by Crippen LogP contribution is 2.25. The first kappa shape index (κ1) is 12.0. The topological polar surface area (TPSA) is 38.5 Å². The fourth-order valence-corrected chi connectivity index (χ4v) is 1.94. The summed E-state index contributed by atoms with van der Waals surface area (Å²) in [6, 6.07) is 1.46. The molecule has 0 unspecified atom stereocenters. The first-order valence-corrected chi connectivity index (χ1v) is 5.79. The summed E-state index contributed by atoms with van der Waals surface area (Å²) in [6.45, 7) is 7.73. The van der Waals surface area contributed by atoms with Gasteiger partial charge in [-0.25, -0.2) is 0 Å². The molecule has 2 N–H and O–H groups in total. The van der Waals surface area contributed by atoms with Crippen LogP contribution in [0.2, 0.25) is 0 Å². The number of rotatable bonds is 7. The van der Waals surface area contributed by atoms with E-state index in [1.54, 1.807) is 0 Å². The quantitative estimate of drug-likeness (QED) is 0.628. The normalized spacial score (nSPS) is 17.8. The molecule has 0 aromatic carbocycles. The minimum atomic E-state index is 0.630. The molecule has 1 saturated carbocycles. The van der Waals surface area contributed by atoms with Gasteiger partial charge in [0.2, 0.25) is 0 Å². The molecule has 0 radical (unpaired) electrons. The van der Waals surface area contributed by atoms with Crippen molar-refractivity contribution in [2.24, 2.45) is 5.73 Å².